The van der Waals surface area contributed by atoms with Gasteiger partial charge in [0.15, 0.2) is 10.9 Å². The zero-order valence-corrected chi connectivity index (χ0v) is 9.98. The molecule has 0 saturated carbocycles. The summed E-state index contributed by atoms with van der Waals surface area (Å²) >= 11 is 6.95. The molecular weight excluding hydrogens is 232 g/mol. The summed E-state index contributed by atoms with van der Waals surface area (Å²) in [4.78, 5) is 18.5. The summed E-state index contributed by atoms with van der Waals surface area (Å²) in [5.41, 5.74) is 0. The zero-order valence-electron chi connectivity index (χ0n) is 8.41. The minimum Gasteiger partial charge on any atom is -0.348 e. The van der Waals surface area contributed by atoms with E-state index in [0.29, 0.717) is 4.88 Å². The maximum Gasteiger partial charge on any atom is 0.189 e. The van der Waals surface area contributed by atoms with Crippen molar-refractivity contribution in [3.8, 4) is 0 Å². The van der Waals surface area contributed by atoms with E-state index in [1.54, 1.807) is 6.20 Å². The molecule has 0 radical (unpaired) electrons. The van der Waals surface area contributed by atoms with Crippen LogP contribution in [0.4, 0.5) is 5.13 Å². The Kier molecular flexibility index (Phi) is 3.59. The number of Topliss-reactive ketones (excluding diaryl/α,β-unsaturated/α-hetero) is 1. The van der Waals surface area contributed by atoms with Crippen molar-refractivity contribution >= 4 is 33.9 Å². The first-order valence-electron chi connectivity index (χ1n) is 5.11. The van der Waals surface area contributed by atoms with Gasteiger partial charge < -0.3 is 4.90 Å². The normalized spacial score (nSPS) is 16.7. The van der Waals surface area contributed by atoms with Crippen molar-refractivity contribution in [2.24, 2.45) is 0 Å². The van der Waals surface area contributed by atoms with Gasteiger partial charge in [-0.3, -0.25) is 4.79 Å². The molecule has 1 aromatic rings. The van der Waals surface area contributed by atoms with Gasteiger partial charge in [0.25, 0.3) is 0 Å². The van der Waals surface area contributed by atoms with E-state index in [9.17, 15) is 4.79 Å². The molecule has 1 aromatic heterocycles. The quantitative estimate of drug-likeness (QED) is 0.605. The van der Waals surface area contributed by atoms with Crippen LogP contribution in [0, 0.1) is 0 Å². The van der Waals surface area contributed by atoms with Crippen molar-refractivity contribution in [3.05, 3.63) is 11.1 Å². The third kappa shape index (κ3) is 2.49. The third-order valence-corrected chi connectivity index (χ3v) is 3.86. The highest BCUT2D eigenvalue weighted by molar-refractivity contribution is 7.17. The summed E-state index contributed by atoms with van der Waals surface area (Å²) in [6, 6.07) is 0. The van der Waals surface area contributed by atoms with Gasteiger partial charge in [-0.2, -0.15) is 0 Å². The molecule has 0 aromatic carbocycles. The summed E-state index contributed by atoms with van der Waals surface area (Å²) in [7, 11) is 0. The molecule has 0 unspecified atom stereocenters. The Labute approximate surface area is 98.1 Å². The number of anilines is 1. The van der Waals surface area contributed by atoms with Gasteiger partial charge in [-0.05, 0) is 19.3 Å². The second-order valence-electron chi connectivity index (χ2n) is 3.61. The Morgan fingerprint density at radius 2 is 2.20 bits per heavy atom. The van der Waals surface area contributed by atoms with Crippen LogP contribution < -0.4 is 4.90 Å². The number of ketones is 1. The van der Waals surface area contributed by atoms with Crippen LogP contribution in [-0.4, -0.2) is 29.7 Å². The van der Waals surface area contributed by atoms with Gasteiger partial charge in [-0.15, -0.1) is 11.6 Å². The molecular formula is C10H13ClN2OS. The maximum absolute atomic E-state index is 11.3. The first-order valence-corrected chi connectivity index (χ1v) is 6.46. The lowest BCUT2D eigenvalue weighted by Crippen LogP contribution is -2.29. The number of hydrogen-bond acceptors (Lipinski definition) is 4. The minimum absolute atomic E-state index is 0.0302. The van der Waals surface area contributed by atoms with E-state index in [-0.39, 0.29) is 11.7 Å². The Balaban J connectivity index is 2.08. The second-order valence-corrected chi connectivity index (χ2v) is 4.89. The van der Waals surface area contributed by atoms with E-state index in [4.69, 9.17) is 11.6 Å². The van der Waals surface area contributed by atoms with Crippen molar-refractivity contribution in [3.63, 3.8) is 0 Å². The number of alkyl halides is 1. The Morgan fingerprint density at radius 3 is 2.87 bits per heavy atom. The lowest BCUT2D eigenvalue weighted by molar-refractivity contribution is 0.102. The molecule has 5 heteroatoms. The predicted octanol–water partition coefficient (Wildman–Crippen LogP) is 2.55. The molecule has 1 fully saturated rings. The smallest absolute Gasteiger partial charge is 0.189 e. The number of rotatable bonds is 3. The van der Waals surface area contributed by atoms with Crippen molar-refractivity contribution in [1.29, 1.82) is 0 Å². The Bertz CT molecular complexity index is 347. The number of thiazole rings is 1. The number of piperidine rings is 1. The van der Waals surface area contributed by atoms with Crippen molar-refractivity contribution in [2.45, 2.75) is 19.3 Å². The zero-order chi connectivity index (χ0) is 10.7. The number of carbonyl (C=O) groups is 1. The fourth-order valence-electron chi connectivity index (χ4n) is 1.69. The number of nitrogens with zero attached hydrogens (tertiary/aromatic N) is 2. The van der Waals surface area contributed by atoms with E-state index in [0.717, 1.165) is 18.2 Å². The molecule has 2 heterocycles. The van der Waals surface area contributed by atoms with Crippen LogP contribution in [-0.2, 0) is 0 Å². The van der Waals surface area contributed by atoms with E-state index in [1.165, 1.54) is 30.6 Å². The molecule has 3 nitrogen and oxygen atoms in total. The summed E-state index contributed by atoms with van der Waals surface area (Å²) in [6.45, 7) is 2.12. The highest BCUT2D eigenvalue weighted by Gasteiger charge is 2.16. The molecule has 0 atom stereocenters. The molecule has 0 bridgehead atoms. The number of hydrogen-bond donors (Lipinski definition) is 0. The number of carbonyl (C=O) groups excluding carboxylic acids is 1. The highest BCUT2D eigenvalue weighted by Crippen LogP contribution is 2.25. The molecule has 1 aliphatic heterocycles. The molecule has 1 aliphatic rings. The molecule has 82 valence electrons. The highest BCUT2D eigenvalue weighted by atomic mass is 35.5. The number of aromatic nitrogens is 1. The summed E-state index contributed by atoms with van der Waals surface area (Å²) < 4.78 is 0. The molecule has 0 aliphatic carbocycles. The minimum atomic E-state index is -0.0302. The van der Waals surface area contributed by atoms with E-state index in [1.807, 2.05) is 0 Å². The Morgan fingerprint density at radius 1 is 1.47 bits per heavy atom. The standard InChI is InChI=1S/C10H13ClN2OS/c11-6-8(14)9-7-12-10(15-9)13-4-2-1-3-5-13/h7H,1-6H2. The van der Waals surface area contributed by atoms with Gasteiger partial charge in [0, 0.05) is 13.1 Å². The van der Waals surface area contributed by atoms with Crippen molar-refractivity contribution in [2.75, 3.05) is 23.9 Å². The summed E-state index contributed by atoms with van der Waals surface area (Å²) in [6.07, 6.45) is 5.38. The molecule has 1 saturated heterocycles. The van der Waals surface area contributed by atoms with Gasteiger partial charge >= 0.3 is 0 Å². The topological polar surface area (TPSA) is 33.2 Å². The summed E-state index contributed by atoms with van der Waals surface area (Å²) in [5, 5.41) is 0.961. The molecule has 15 heavy (non-hydrogen) atoms. The number of halogens is 1. The van der Waals surface area contributed by atoms with Gasteiger partial charge in [-0.1, -0.05) is 11.3 Å². The maximum atomic E-state index is 11.3. The van der Waals surface area contributed by atoms with Crippen LogP contribution in [0.25, 0.3) is 0 Å². The van der Waals surface area contributed by atoms with Gasteiger partial charge in [0.1, 0.15) is 0 Å². The molecule has 0 amide bonds. The van der Waals surface area contributed by atoms with E-state index < -0.39 is 0 Å². The fourth-order valence-corrected chi connectivity index (χ4v) is 2.82. The summed E-state index contributed by atoms with van der Waals surface area (Å²) in [5.74, 6) is 0.0131. The van der Waals surface area contributed by atoms with Crippen LogP contribution in [0.1, 0.15) is 28.9 Å². The van der Waals surface area contributed by atoms with E-state index >= 15 is 0 Å². The van der Waals surface area contributed by atoms with E-state index in [2.05, 4.69) is 9.88 Å². The second kappa shape index (κ2) is 4.94. The van der Waals surface area contributed by atoms with Crippen LogP contribution >= 0.6 is 22.9 Å². The third-order valence-electron chi connectivity index (χ3n) is 2.52. The van der Waals surface area contributed by atoms with Gasteiger partial charge in [0.05, 0.1) is 17.0 Å². The van der Waals surface area contributed by atoms with Gasteiger partial charge in [-0.25, -0.2) is 4.98 Å². The van der Waals surface area contributed by atoms with Crippen molar-refractivity contribution < 1.29 is 4.79 Å². The first kappa shape index (κ1) is 10.9. The molecule has 2 rings (SSSR count). The predicted molar refractivity (Wildman–Crippen MR) is 63.2 cm³/mol. The SMILES string of the molecule is O=C(CCl)c1cnc(N2CCCCC2)s1. The van der Waals surface area contributed by atoms with Crippen molar-refractivity contribution in [1.82, 2.24) is 4.98 Å². The lowest BCUT2D eigenvalue weighted by atomic mass is 10.1. The average molecular weight is 245 g/mol. The first-order chi connectivity index (χ1) is 7.31. The molecule has 0 spiro atoms. The fraction of sp³-hybridized carbons (Fsp3) is 0.600. The average Bonchev–Trinajstić information content (AvgIpc) is 2.78. The molecule has 0 N–H and O–H groups in total. The lowest BCUT2D eigenvalue weighted by Gasteiger charge is -2.25. The van der Waals surface area contributed by atoms with Crippen LogP contribution in [0.2, 0.25) is 0 Å². The van der Waals surface area contributed by atoms with Gasteiger partial charge in [0.2, 0.25) is 0 Å². The largest absolute Gasteiger partial charge is 0.348 e. The van der Waals surface area contributed by atoms with Crippen LogP contribution in [0.3, 0.4) is 0 Å². The van der Waals surface area contributed by atoms with Crippen LogP contribution in [0.15, 0.2) is 6.20 Å². The van der Waals surface area contributed by atoms with Crippen LogP contribution in [0.5, 0.6) is 0 Å². The Hall–Kier alpha value is -0.610. The monoisotopic (exact) mass is 244 g/mol.